The molecule has 2 aromatic carbocycles. The molecule has 0 spiro atoms. The molecule has 0 aliphatic heterocycles. The maximum atomic E-state index is 11.9. The number of hydrogen-bond acceptors (Lipinski definition) is 8. The van der Waals surface area contributed by atoms with Crippen LogP contribution in [0.5, 0.6) is 5.75 Å². The molecule has 0 saturated heterocycles. The molecule has 13 heteroatoms. The average Bonchev–Trinajstić information content (AvgIpc) is 2.36. The van der Waals surface area contributed by atoms with E-state index in [1.54, 1.807) is 0 Å². The number of nitro groups is 2. The SMILES string of the molecule is O=[N+]([O-])c1cc([N+](=O)[O-])c2ccc(S(=O)(=O)[O-])cc2c1[O-].[K+].[K+]. The second-order valence-corrected chi connectivity index (χ2v) is 5.30. The molecule has 0 N–H and O–H groups in total. The van der Waals surface area contributed by atoms with Gasteiger partial charge in [-0.15, -0.1) is 0 Å². The summed E-state index contributed by atoms with van der Waals surface area (Å²) in [6.45, 7) is 0. The Bertz CT molecular complexity index is 899. The van der Waals surface area contributed by atoms with E-state index in [9.17, 15) is 38.3 Å². The quantitative estimate of drug-likeness (QED) is 0.217. The van der Waals surface area contributed by atoms with Crippen LogP contribution in [0.25, 0.3) is 10.8 Å². The Morgan fingerprint density at radius 2 is 1.39 bits per heavy atom. The molecule has 0 unspecified atom stereocenters. The summed E-state index contributed by atoms with van der Waals surface area (Å²) in [4.78, 5) is 18.7. The summed E-state index contributed by atoms with van der Waals surface area (Å²) < 4.78 is 32.7. The van der Waals surface area contributed by atoms with Crippen LogP contribution >= 0.6 is 0 Å². The summed E-state index contributed by atoms with van der Waals surface area (Å²) in [5.74, 6) is -1.20. The van der Waals surface area contributed by atoms with Gasteiger partial charge in [-0.1, -0.05) is 0 Å². The molecule has 0 radical (unpaired) electrons. The molecule has 0 bridgehead atoms. The summed E-state index contributed by atoms with van der Waals surface area (Å²) in [5.41, 5.74) is -1.80. The second kappa shape index (κ2) is 8.73. The molecule has 0 aliphatic carbocycles. The van der Waals surface area contributed by atoms with Gasteiger partial charge in [0.15, 0.2) is 0 Å². The van der Waals surface area contributed by atoms with Crippen LogP contribution in [0.3, 0.4) is 0 Å². The number of fused-ring (bicyclic) bond motifs is 1. The number of hydrogen-bond donors (Lipinski definition) is 0. The van der Waals surface area contributed by atoms with Gasteiger partial charge in [-0.2, -0.15) is 0 Å². The fourth-order valence-corrected chi connectivity index (χ4v) is 2.28. The molecule has 10 nitrogen and oxygen atoms in total. The minimum Gasteiger partial charge on any atom is -0.867 e. The zero-order valence-electron chi connectivity index (χ0n) is 11.9. The molecule has 0 aliphatic rings. The standard InChI is InChI=1S/C10H6N2O8S.2K/c13-10-7-3-5(21(18,19)20)1-2-6(7)8(11(14)15)4-9(10)12(16)17;;/h1-4,13H,(H,18,19,20);;/q;2*+1/p-2. The Labute approximate surface area is 214 Å². The molecule has 110 valence electrons. The Kier molecular flexibility index (Phi) is 8.91. The van der Waals surface area contributed by atoms with Gasteiger partial charge in [0.05, 0.1) is 26.2 Å². The number of nitro benzene ring substituents is 2. The van der Waals surface area contributed by atoms with Crippen molar-refractivity contribution in [3.8, 4) is 5.75 Å². The molecule has 2 rings (SSSR count). The zero-order valence-corrected chi connectivity index (χ0v) is 18.9. The van der Waals surface area contributed by atoms with Gasteiger partial charge in [0.2, 0.25) is 0 Å². The van der Waals surface area contributed by atoms with E-state index >= 15 is 0 Å². The van der Waals surface area contributed by atoms with Crippen molar-refractivity contribution in [2.24, 2.45) is 0 Å². The summed E-state index contributed by atoms with van der Waals surface area (Å²) >= 11 is 0. The molecule has 0 saturated carbocycles. The van der Waals surface area contributed by atoms with E-state index < -0.39 is 47.4 Å². The van der Waals surface area contributed by atoms with E-state index in [4.69, 9.17) is 0 Å². The van der Waals surface area contributed by atoms with Crippen LogP contribution in [0.1, 0.15) is 0 Å². The topological polar surface area (TPSA) is 167 Å². The zero-order chi connectivity index (χ0) is 15.9. The van der Waals surface area contributed by atoms with Crippen molar-refractivity contribution in [1.29, 1.82) is 0 Å². The first-order chi connectivity index (χ1) is 9.62. The van der Waals surface area contributed by atoms with Crippen molar-refractivity contribution < 1.29 is 131 Å². The second-order valence-electron chi connectivity index (χ2n) is 3.92. The summed E-state index contributed by atoms with van der Waals surface area (Å²) in [6.07, 6.45) is 0. The van der Waals surface area contributed by atoms with Gasteiger partial charge in [-0.25, -0.2) is 8.42 Å². The van der Waals surface area contributed by atoms with Crippen molar-refractivity contribution in [3.63, 3.8) is 0 Å². The molecule has 0 atom stereocenters. The summed E-state index contributed by atoms with van der Waals surface area (Å²) in [7, 11) is -4.91. The first-order valence-electron chi connectivity index (χ1n) is 5.15. The largest absolute Gasteiger partial charge is 1.00 e. The van der Waals surface area contributed by atoms with Crippen LogP contribution in [0.15, 0.2) is 29.2 Å². The van der Waals surface area contributed by atoms with E-state index in [-0.39, 0.29) is 108 Å². The van der Waals surface area contributed by atoms with E-state index in [0.717, 1.165) is 12.1 Å². The van der Waals surface area contributed by atoms with Crippen molar-refractivity contribution >= 4 is 32.3 Å². The fourth-order valence-electron chi connectivity index (χ4n) is 1.79. The summed E-state index contributed by atoms with van der Waals surface area (Å²) in [5, 5.41) is 32.6. The minimum atomic E-state index is -4.91. The van der Waals surface area contributed by atoms with Gasteiger partial charge in [-0.3, -0.25) is 20.2 Å². The molecule has 23 heavy (non-hydrogen) atoms. The van der Waals surface area contributed by atoms with Gasteiger partial charge < -0.3 is 9.66 Å². The number of non-ortho nitro benzene ring substituents is 1. The third-order valence-corrected chi connectivity index (χ3v) is 3.53. The van der Waals surface area contributed by atoms with Crippen LogP contribution < -0.4 is 108 Å². The first kappa shape index (κ1) is 23.5. The Morgan fingerprint density at radius 1 is 0.870 bits per heavy atom. The van der Waals surface area contributed by atoms with Gasteiger partial charge in [0.25, 0.3) is 11.4 Å². The molecular formula is C10H4K2N2O8S. The predicted octanol–water partition coefficient (Wildman–Crippen LogP) is -5.36. The van der Waals surface area contributed by atoms with E-state index in [1.165, 1.54) is 0 Å². The van der Waals surface area contributed by atoms with Gasteiger partial charge >= 0.3 is 103 Å². The number of benzene rings is 2. The van der Waals surface area contributed by atoms with Crippen LogP contribution in [0.2, 0.25) is 0 Å². The maximum absolute atomic E-state index is 11.9. The molecule has 0 amide bonds. The predicted molar refractivity (Wildman–Crippen MR) is 64.7 cm³/mol. The Morgan fingerprint density at radius 3 is 1.83 bits per heavy atom. The Hall–Kier alpha value is 0.483. The van der Waals surface area contributed by atoms with Crippen molar-refractivity contribution in [1.82, 2.24) is 0 Å². The van der Waals surface area contributed by atoms with E-state index in [0.29, 0.717) is 12.1 Å². The van der Waals surface area contributed by atoms with Crippen LogP contribution in [-0.2, 0) is 10.1 Å². The Balaban J connectivity index is 0.00000242. The van der Waals surface area contributed by atoms with Crippen LogP contribution in [0.4, 0.5) is 11.4 Å². The van der Waals surface area contributed by atoms with E-state index in [2.05, 4.69) is 0 Å². The van der Waals surface area contributed by atoms with E-state index in [1.807, 2.05) is 0 Å². The molecule has 0 fully saturated rings. The molecule has 0 heterocycles. The van der Waals surface area contributed by atoms with Crippen LogP contribution in [0, 0.1) is 20.2 Å². The minimum absolute atomic E-state index is 0. The fraction of sp³-hybridized carbons (Fsp3) is 0. The first-order valence-corrected chi connectivity index (χ1v) is 6.56. The van der Waals surface area contributed by atoms with Gasteiger partial charge in [0, 0.05) is 0 Å². The van der Waals surface area contributed by atoms with Crippen LogP contribution in [-0.4, -0.2) is 22.8 Å². The monoisotopic (exact) mass is 390 g/mol. The average molecular weight is 390 g/mol. The smallest absolute Gasteiger partial charge is 0.867 e. The molecular weight excluding hydrogens is 386 g/mol. The molecule has 2 aromatic rings. The third-order valence-electron chi connectivity index (χ3n) is 2.70. The maximum Gasteiger partial charge on any atom is 1.00 e. The van der Waals surface area contributed by atoms with Crippen molar-refractivity contribution in [2.45, 2.75) is 4.90 Å². The third kappa shape index (κ3) is 4.99. The van der Waals surface area contributed by atoms with Gasteiger partial charge in [0.1, 0.15) is 10.1 Å². The van der Waals surface area contributed by atoms with Crippen molar-refractivity contribution in [3.05, 3.63) is 44.5 Å². The number of rotatable bonds is 3. The summed E-state index contributed by atoms with van der Waals surface area (Å²) in [6, 6.07) is 2.78. The normalized spacial score (nSPS) is 10.5. The number of nitrogens with zero attached hydrogens (tertiary/aromatic N) is 2. The van der Waals surface area contributed by atoms with Crippen molar-refractivity contribution in [2.75, 3.05) is 0 Å². The van der Waals surface area contributed by atoms with Gasteiger partial charge in [-0.05, 0) is 29.3 Å². The molecule has 0 aromatic heterocycles.